The standard InChI is InChI=1S/C11H12ClF3N2O/c12-9-3-1-8(2-4-9)5-17-10(18)6-16-7-11(13,14)15/h1-4,16H,5-7H2,(H,17,18). The normalized spacial score (nSPS) is 11.3. The number of halogens is 4. The summed E-state index contributed by atoms with van der Waals surface area (Å²) in [5.74, 6) is -0.491. The summed E-state index contributed by atoms with van der Waals surface area (Å²) in [6.07, 6.45) is -4.31. The number of hydrogen-bond donors (Lipinski definition) is 2. The first-order valence-electron chi connectivity index (χ1n) is 5.15. The van der Waals surface area contributed by atoms with E-state index >= 15 is 0 Å². The van der Waals surface area contributed by atoms with Crippen molar-refractivity contribution in [3.05, 3.63) is 34.9 Å². The van der Waals surface area contributed by atoms with Gasteiger partial charge in [0.1, 0.15) is 0 Å². The van der Waals surface area contributed by atoms with Gasteiger partial charge in [0, 0.05) is 11.6 Å². The molecule has 0 aromatic heterocycles. The molecular weight excluding hydrogens is 269 g/mol. The first kappa shape index (κ1) is 14.8. The largest absolute Gasteiger partial charge is 0.401 e. The Balaban J connectivity index is 2.23. The van der Waals surface area contributed by atoms with Crippen LogP contribution in [0.1, 0.15) is 5.56 Å². The highest BCUT2D eigenvalue weighted by atomic mass is 35.5. The van der Waals surface area contributed by atoms with E-state index in [9.17, 15) is 18.0 Å². The van der Waals surface area contributed by atoms with Gasteiger partial charge in [0.25, 0.3) is 0 Å². The predicted octanol–water partition coefficient (Wildman–Crippen LogP) is 2.11. The lowest BCUT2D eigenvalue weighted by molar-refractivity contribution is -0.128. The maximum atomic E-state index is 11.8. The number of rotatable bonds is 5. The summed E-state index contributed by atoms with van der Waals surface area (Å²) < 4.78 is 35.4. The van der Waals surface area contributed by atoms with E-state index in [-0.39, 0.29) is 13.1 Å². The molecule has 0 aliphatic heterocycles. The fourth-order valence-electron chi connectivity index (χ4n) is 1.18. The van der Waals surface area contributed by atoms with Crippen LogP contribution >= 0.6 is 11.6 Å². The predicted molar refractivity (Wildman–Crippen MR) is 62.2 cm³/mol. The van der Waals surface area contributed by atoms with Crippen molar-refractivity contribution < 1.29 is 18.0 Å². The van der Waals surface area contributed by atoms with Gasteiger partial charge in [-0.05, 0) is 17.7 Å². The molecule has 0 fully saturated rings. The molecular formula is C11H12ClF3N2O. The summed E-state index contributed by atoms with van der Waals surface area (Å²) in [7, 11) is 0. The van der Waals surface area contributed by atoms with Crippen LogP contribution in [-0.2, 0) is 11.3 Å². The molecule has 0 spiro atoms. The van der Waals surface area contributed by atoms with Gasteiger partial charge in [-0.15, -0.1) is 0 Å². The molecule has 1 rings (SSSR count). The van der Waals surface area contributed by atoms with Gasteiger partial charge in [-0.1, -0.05) is 23.7 Å². The molecule has 0 heterocycles. The Kier molecular flexibility index (Phi) is 5.43. The van der Waals surface area contributed by atoms with Crippen LogP contribution in [0.4, 0.5) is 13.2 Å². The average molecular weight is 281 g/mol. The summed E-state index contributed by atoms with van der Waals surface area (Å²) >= 11 is 5.68. The number of alkyl halides is 3. The highest BCUT2D eigenvalue weighted by Crippen LogP contribution is 2.12. The van der Waals surface area contributed by atoms with E-state index in [0.717, 1.165) is 5.56 Å². The molecule has 1 aromatic carbocycles. The van der Waals surface area contributed by atoms with Gasteiger partial charge in [-0.2, -0.15) is 13.2 Å². The SMILES string of the molecule is O=C(CNCC(F)(F)F)NCc1ccc(Cl)cc1. The molecule has 3 nitrogen and oxygen atoms in total. The molecule has 0 bridgehead atoms. The van der Waals surface area contributed by atoms with Crippen molar-refractivity contribution in [1.82, 2.24) is 10.6 Å². The highest BCUT2D eigenvalue weighted by molar-refractivity contribution is 6.30. The third kappa shape index (κ3) is 6.46. The van der Waals surface area contributed by atoms with Crippen molar-refractivity contribution in [2.24, 2.45) is 0 Å². The molecule has 100 valence electrons. The zero-order valence-electron chi connectivity index (χ0n) is 9.35. The van der Waals surface area contributed by atoms with Crippen LogP contribution in [-0.4, -0.2) is 25.2 Å². The van der Waals surface area contributed by atoms with E-state index in [1.54, 1.807) is 24.3 Å². The molecule has 2 N–H and O–H groups in total. The summed E-state index contributed by atoms with van der Waals surface area (Å²) in [5, 5.41) is 5.09. The Hall–Kier alpha value is -1.27. The molecule has 0 atom stereocenters. The topological polar surface area (TPSA) is 41.1 Å². The van der Waals surface area contributed by atoms with Crippen LogP contribution in [0.3, 0.4) is 0 Å². The van der Waals surface area contributed by atoms with Crippen molar-refractivity contribution in [1.29, 1.82) is 0 Å². The molecule has 0 unspecified atom stereocenters. The molecule has 0 aliphatic carbocycles. The van der Waals surface area contributed by atoms with Crippen LogP contribution in [0, 0.1) is 0 Å². The maximum absolute atomic E-state index is 11.8. The molecule has 1 amide bonds. The summed E-state index contributed by atoms with van der Waals surface area (Å²) in [6, 6.07) is 6.80. The Labute approximate surface area is 107 Å². The fraction of sp³-hybridized carbons (Fsp3) is 0.364. The Morgan fingerprint density at radius 3 is 2.39 bits per heavy atom. The third-order valence-electron chi connectivity index (χ3n) is 2.01. The monoisotopic (exact) mass is 280 g/mol. The van der Waals surface area contributed by atoms with E-state index < -0.39 is 18.6 Å². The van der Waals surface area contributed by atoms with E-state index in [1.165, 1.54) is 0 Å². The second-order valence-corrected chi connectivity index (χ2v) is 4.06. The van der Waals surface area contributed by atoms with Gasteiger partial charge in [0.2, 0.25) is 5.91 Å². The number of carbonyl (C=O) groups excluding carboxylic acids is 1. The van der Waals surface area contributed by atoms with Crippen molar-refractivity contribution in [3.63, 3.8) is 0 Å². The Morgan fingerprint density at radius 2 is 1.83 bits per heavy atom. The summed E-state index contributed by atoms with van der Waals surface area (Å²) in [6.45, 7) is -1.29. The minimum atomic E-state index is -4.31. The smallest absolute Gasteiger partial charge is 0.351 e. The molecule has 0 saturated carbocycles. The molecule has 0 radical (unpaired) electrons. The van der Waals surface area contributed by atoms with E-state index in [1.807, 2.05) is 5.32 Å². The van der Waals surface area contributed by atoms with Crippen molar-refractivity contribution in [2.75, 3.05) is 13.1 Å². The minimum absolute atomic E-state index is 0.254. The zero-order chi connectivity index (χ0) is 13.6. The maximum Gasteiger partial charge on any atom is 0.401 e. The van der Waals surface area contributed by atoms with Crippen LogP contribution in [0.2, 0.25) is 5.02 Å². The molecule has 1 aromatic rings. The van der Waals surface area contributed by atoms with E-state index in [0.29, 0.717) is 5.02 Å². The second-order valence-electron chi connectivity index (χ2n) is 3.62. The van der Waals surface area contributed by atoms with Gasteiger partial charge < -0.3 is 10.6 Å². The molecule has 7 heteroatoms. The number of carbonyl (C=O) groups is 1. The average Bonchev–Trinajstić information content (AvgIpc) is 2.26. The number of hydrogen-bond acceptors (Lipinski definition) is 2. The summed E-state index contributed by atoms with van der Waals surface area (Å²) in [5.41, 5.74) is 0.823. The summed E-state index contributed by atoms with van der Waals surface area (Å²) in [4.78, 5) is 11.2. The van der Waals surface area contributed by atoms with E-state index in [4.69, 9.17) is 11.6 Å². The molecule has 0 aliphatic rings. The Morgan fingerprint density at radius 1 is 1.22 bits per heavy atom. The highest BCUT2D eigenvalue weighted by Gasteiger charge is 2.26. The number of benzene rings is 1. The molecule has 0 saturated heterocycles. The lowest BCUT2D eigenvalue weighted by Crippen LogP contribution is -2.37. The fourth-order valence-corrected chi connectivity index (χ4v) is 1.31. The van der Waals surface area contributed by atoms with Crippen LogP contribution in [0.15, 0.2) is 24.3 Å². The van der Waals surface area contributed by atoms with Gasteiger partial charge >= 0.3 is 6.18 Å². The van der Waals surface area contributed by atoms with Crippen LogP contribution in [0.5, 0.6) is 0 Å². The van der Waals surface area contributed by atoms with Gasteiger partial charge in [-0.3, -0.25) is 4.79 Å². The lowest BCUT2D eigenvalue weighted by atomic mass is 10.2. The quantitative estimate of drug-likeness (QED) is 0.867. The van der Waals surface area contributed by atoms with Crippen molar-refractivity contribution >= 4 is 17.5 Å². The van der Waals surface area contributed by atoms with Gasteiger partial charge in [0.15, 0.2) is 0 Å². The number of amides is 1. The molecule has 18 heavy (non-hydrogen) atoms. The van der Waals surface area contributed by atoms with Gasteiger partial charge in [-0.25, -0.2) is 0 Å². The lowest BCUT2D eigenvalue weighted by Gasteiger charge is -2.08. The first-order valence-corrected chi connectivity index (χ1v) is 5.53. The van der Waals surface area contributed by atoms with Crippen molar-refractivity contribution in [2.45, 2.75) is 12.7 Å². The van der Waals surface area contributed by atoms with Crippen molar-refractivity contribution in [3.8, 4) is 0 Å². The first-order chi connectivity index (χ1) is 8.37. The minimum Gasteiger partial charge on any atom is -0.351 e. The second kappa shape index (κ2) is 6.61. The van der Waals surface area contributed by atoms with Crippen LogP contribution < -0.4 is 10.6 Å². The number of nitrogens with one attached hydrogen (secondary N) is 2. The zero-order valence-corrected chi connectivity index (χ0v) is 10.1. The van der Waals surface area contributed by atoms with Gasteiger partial charge in [0.05, 0.1) is 13.1 Å². The third-order valence-corrected chi connectivity index (χ3v) is 2.27. The van der Waals surface area contributed by atoms with Crippen LogP contribution in [0.25, 0.3) is 0 Å². The van der Waals surface area contributed by atoms with E-state index in [2.05, 4.69) is 5.32 Å². The Bertz CT molecular complexity index is 392.